The third kappa shape index (κ3) is 3.61. The number of carbonyl (C=O) groups is 2. The highest BCUT2D eigenvalue weighted by molar-refractivity contribution is 9.11. The molecule has 0 atom stereocenters. The SMILES string of the molecule is CCNC(=O)CN(C)C(=O)c1csc(Br)c1. The minimum absolute atomic E-state index is 0.0835. The lowest BCUT2D eigenvalue weighted by Gasteiger charge is -2.15. The second kappa shape index (κ2) is 6.00. The van der Waals surface area contributed by atoms with Crippen LogP contribution in [0.4, 0.5) is 0 Å². The van der Waals surface area contributed by atoms with Crippen LogP contribution in [0.2, 0.25) is 0 Å². The van der Waals surface area contributed by atoms with Gasteiger partial charge in [0, 0.05) is 19.0 Å². The second-order valence-electron chi connectivity index (χ2n) is 3.25. The summed E-state index contributed by atoms with van der Waals surface area (Å²) in [5.74, 6) is -0.291. The zero-order valence-corrected chi connectivity index (χ0v) is 11.5. The van der Waals surface area contributed by atoms with Crippen molar-refractivity contribution in [3.05, 3.63) is 20.8 Å². The zero-order chi connectivity index (χ0) is 12.1. The highest BCUT2D eigenvalue weighted by Gasteiger charge is 2.15. The Bertz CT molecular complexity index is 392. The van der Waals surface area contributed by atoms with Crippen molar-refractivity contribution in [3.63, 3.8) is 0 Å². The molecule has 88 valence electrons. The molecule has 4 nitrogen and oxygen atoms in total. The van der Waals surface area contributed by atoms with E-state index in [1.807, 2.05) is 6.92 Å². The highest BCUT2D eigenvalue weighted by Crippen LogP contribution is 2.21. The van der Waals surface area contributed by atoms with Gasteiger partial charge >= 0.3 is 0 Å². The number of likely N-dealkylation sites (N-methyl/N-ethyl adjacent to an activating group) is 2. The lowest BCUT2D eigenvalue weighted by atomic mass is 10.3. The van der Waals surface area contributed by atoms with Gasteiger partial charge in [-0.3, -0.25) is 9.59 Å². The molecule has 1 aromatic heterocycles. The summed E-state index contributed by atoms with van der Waals surface area (Å²) in [7, 11) is 1.61. The van der Waals surface area contributed by atoms with Crippen molar-refractivity contribution < 1.29 is 9.59 Å². The molecule has 6 heteroatoms. The summed E-state index contributed by atoms with van der Waals surface area (Å²) < 4.78 is 0.905. The van der Waals surface area contributed by atoms with E-state index < -0.39 is 0 Å². The van der Waals surface area contributed by atoms with Crippen molar-refractivity contribution in [1.29, 1.82) is 0 Å². The number of hydrogen-bond acceptors (Lipinski definition) is 3. The normalized spacial score (nSPS) is 9.94. The molecule has 0 aliphatic carbocycles. The van der Waals surface area contributed by atoms with Gasteiger partial charge in [0.05, 0.1) is 15.9 Å². The molecule has 2 amide bonds. The van der Waals surface area contributed by atoms with Crippen LogP contribution in [0.5, 0.6) is 0 Å². The maximum atomic E-state index is 11.8. The number of hydrogen-bond donors (Lipinski definition) is 1. The van der Waals surface area contributed by atoms with Crippen molar-refractivity contribution in [1.82, 2.24) is 10.2 Å². The van der Waals surface area contributed by atoms with Crippen LogP contribution in [0.15, 0.2) is 15.2 Å². The van der Waals surface area contributed by atoms with Crippen molar-refractivity contribution in [2.75, 3.05) is 20.1 Å². The van der Waals surface area contributed by atoms with Crippen molar-refractivity contribution in [2.24, 2.45) is 0 Å². The summed E-state index contributed by atoms with van der Waals surface area (Å²) in [5.41, 5.74) is 0.601. The molecule has 0 spiro atoms. The molecule has 0 unspecified atom stereocenters. The fourth-order valence-electron chi connectivity index (χ4n) is 1.18. The van der Waals surface area contributed by atoms with Crippen LogP contribution in [-0.4, -0.2) is 36.9 Å². The average Bonchev–Trinajstić information content (AvgIpc) is 2.64. The quantitative estimate of drug-likeness (QED) is 0.921. The van der Waals surface area contributed by atoms with Crippen LogP contribution in [0.25, 0.3) is 0 Å². The maximum Gasteiger partial charge on any atom is 0.254 e. The molecule has 0 aromatic carbocycles. The van der Waals surface area contributed by atoms with Gasteiger partial charge in [0.25, 0.3) is 5.91 Å². The summed E-state index contributed by atoms with van der Waals surface area (Å²) in [4.78, 5) is 24.5. The van der Waals surface area contributed by atoms with Crippen LogP contribution in [0.1, 0.15) is 17.3 Å². The van der Waals surface area contributed by atoms with Crippen LogP contribution >= 0.6 is 27.3 Å². The third-order valence-corrected chi connectivity index (χ3v) is 3.42. The number of nitrogens with one attached hydrogen (secondary N) is 1. The molecule has 0 bridgehead atoms. The molecule has 0 aliphatic rings. The Morgan fingerprint density at radius 2 is 2.25 bits per heavy atom. The molecule has 0 saturated heterocycles. The van der Waals surface area contributed by atoms with E-state index in [1.165, 1.54) is 16.2 Å². The van der Waals surface area contributed by atoms with Gasteiger partial charge in [-0.15, -0.1) is 11.3 Å². The number of thiophene rings is 1. The van der Waals surface area contributed by atoms with E-state index in [1.54, 1.807) is 18.5 Å². The molecule has 0 radical (unpaired) electrons. The Morgan fingerprint density at radius 1 is 1.56 bits per heavy atom. The maximum absolute atomic E-state index is 11.8. The number of halogens is 1. The van der Waals surface area contributed by atoms with Gasteiger partial charge in [-0.25, -0.2) is 0 Å². The Kier molecular flexibility index (Phi) is 4.95. The van der Waals surface area contributed by atoms with E-state index in [9.17, 15) is 9.59 Å². The fraction of sp³-hybridized carbons (Fsp3) is 0.400. The minimum Gasteiger partial charge on any atom is -0.355 e. The van der Waals surface area contributed by atoms with E-state index in [4.69, 9.17) is 0 Å². The Morgan fingerprint density at radius 3 is 2.75 bits per heavy atom. The van der Waals surface area contributed by atoms with Crippen molar-refractivity contribution >= 4 is 39.1 Å². The number of nitrogens with zero attached hydrogens (tertiary/aromatic N) is 1. The van der Waals surface area contributed by atoms with Gasteiger partial charge in [0.2, 0.25) is 5.91 Å². The lowest BCUT2D eigenvalue weighted by molar-refractivity contribution is -0.121. The molecule has 1 N–H and O–H groups in total. The smallest absolute Gasteiger partial charge is 0.254 e. The van der Waals surface area contributed by atoms with E-state index in [0.717, 1.165) is 3.79 Å². The molecular weight excluding hydrogens is 292 g/mol. The number of carbonyl (C=O) groups excluding carboxylic acids is 2. The molecular formula is C10H13BrN2O2S. The highest BCUT2D eigenvalue weighted by atomic mass is 79.9. The first-order valence-corrected chi connectivity index (χ1v) is 6.48. The lowest BCUT2D eigenvalue weighted by Crippen LogP contribution is -2.38. The average molecular weight is 305 g/mol. The van der Waals surface area contributed by atoms with Crippen LogP contribution in [0, 0.1) is 0 Å². The van der Waals surface area contributed by atoms with Crippen LogP contribution in [0.3, 0.4) is 0 Å². The van der Waals surface area contributed by atoms with Gasteiger partial charge in [-0.05, 0) is 28.9 Å². The molecule has 1 heterocycles. The van der Waals surface area contributed by atoms with Crippen LogP contribution < -0.4 is 5.32 Å². The van der Waals surface area contributed by atoms with Crippen molar-refractivity contribution in [3.8, 4) is 0 Å². The van der Waals surface area contributed by atoms with E-state index >= 15 is 0 Å². The Labute approximate surface area is 107 Å². The topological polar surface area (TPSA) is 49.4 Å². The summed E-state index contributed by atoms with van der Waals surface area (Å²) in [5, 5.41) is 4.41. The summed E-state index contributed by atoms with van der Waals surface area (Å²) in [6, 6.07) is 1.75. The van der Waals surface area contributed by atoms with Crippen LogP contribution in [-0.2, 0) is 4.79 Å². The zero-order valence-electron chi connectivity index (χ0n) is 9.12. The van der Waals surface area contributed by atoms with E-state index in [-0.39, 0.29) is 18.4 Å². The van der Waals surface area contributed by atoms with Gasteiger partial charge in [-0.2, -0.15) is 0 Å². The number of rotatable bonds is 4. The monoisotopic (exact) mass is 304 g/mol. The summed E-state index contributed by atoms with van der Waals surface area (Å²) in [6.45, 7) is 2.50. The first-order valence-electron chi connectivity index (χ1n) is 4.80. The number of amides is 2. The standard InChI is InChI=1S/C10H13BrN2O2S/c1-3-12-9(14)5-13(2)10(15)7-4-8(11)16-6-7/h4,6H,3,5H2,1-2H3,(H,12,14). The first kappa shape index (κ1) is 13.2. The molecule has 0 aliphatic heterocycles. The Hall–Kier alpha value is -0.880. The van der Waals surface area contributed by atoms with Gasteiger partial charge < -0.3 is 10.2 Å². The van der Waals surface area contributed by atoms with Gasteiger partial charge in [0.1, 0.15) is 0 Å². The summed E-state index contributed by atoms with van der Waals surface area (Å²) >= 11 is 4.74. The largest absolute Gasteiger partial charge is 0.355 e. The van der Waals surface area contributed by atoms with E-state index in [2.05, 4.69) is 21.2 Å². The van der Waals surface area contributed by atoms with Crippen molar-refractivity contribution in [2.45, 2.75) is 6.92 Å². The third-order valence-electron chi connectivity index (χ3n) is 1.92. The summed E-state index contributed by atoms with van der Waals surface area (Å²) in [6.07, 6.45) is 0. The van der Waals surface area contributed by atoms with Gasteiger partial charge in [-0.1, -0.05) is 0 Å². The molecule has 1 aromatic rings. The Balaban J connectivity index is 2.57. The molecule has 0 saturated carbocycles. The second-order valence-corrected chi connectivity index (χ2v) is 5.54. The predicted octanol–water partition coefficient (Wildman–Crippen LogP) is 1.72. The van der Waals surface area contributed by atoms with Gasteiger partial charge in [0.15, 0.2) is 0 Å². The molecule has 0 fully saturated rings. The fourth-order valence-corrected chi connectivity index (χ4v) is 2.31. The predicted molar refractivity (Wildman–Crippen MR) is 67.7 cm³/mol. The van der Waals surface area contributed by atoms with E-state index in [0.29, 0.717) is 12.1 Å². The molecule has 16 heavy (non-hydrogen) atoms. The molecule has 1 rings (SSSR count). The minimum atomic E-state index is -0.146. The first-order chi connectivity index (χ1) is 7.54.